The van der Waals surface area contributed by atoms with Crippen LogP contribution in [-0.4, -0.2) is 27.1 Å². The van der Waals surface area contributed by atoms with Crippen LogP contribution in [0.5, 0.6) is 17.2 Å². The molecular weight excluding hydrogens is 300 g/mol. The number of carbonyl (C=O) groups excluding carboxylic acids is 1. The van der Waals surface area contributed by atoms with Gasteiger partial charge in [-0.3, -0.25) is 4.79 Å². The molecule has 3 N–H and O–H groups in total. The number of aromatic hydroxyl groups is 2. The van der Waals surface area contributed by atoms with Gasteiger partial charge in [0.05, 0.1) is 11.1 Å². The summed E-state index contributed by atoms with van der Waals surface area (Å²) in [6.07, 6.45) is 1.81. The van der Waals surface area contributed by atoms with E-state index in [0.717, 1.165) is 0 Å². The van der Waals surface area contributed by atoms with Crippen molar-refractivity contribution in [1.29, 1.82) is 0 Å². The standard InChI is InChI=1S/C17H12O6/c18-12-6-5-11-14(19)13(23-16(11)15(12)20)7-4-9-2-1-3-10(8-9)17(21)22/h1-3,5-8,18,20H,4H2,(H,21,22). The van der Waals surface area contributed by atoms with Crippen LogP contribution in [-0.2, 0) is 6.42 Å². The number of fused-ring (bicyclic) bond motifs is 1. The fourth-order valence-corrected chi connectivity index (χ4v) is 2.31. The average Bonchev–Trinajstić information content (AvgIpc) is 2.86. The van der Waals surface area contributed by atoms with Crippen LogP contribution in [0.4, 0.5) is 0 Å². The van der Waals surface area contributed by atoms with Crippen LogP contribution in [0.15, 0.2) is 48.2 Å². The number of rotatable bonds is 3. The van der Waals surface area contributed by atoms with E-state index in [1.165, 1.54) is 30.3 Å². The maximum atomic E-state index is 12.2. The molecule has 2 aromatic rings. The van der Waals surface area contributed by atoms with Crippen molar-refractivity contribution in [1.82, 2.24) is 0 Å². The van der Waals surface area contributed by atoms with Crippen molar-refractivity contribution in [3.05, 3.63) is 64.9 Å². The number of benzene rings is 2. The number of carboxylic acids is 1. The largest absolute Gasteiger partial charge is 0.504 e. The van der Waals surface area contributed by atoms with E-state index in [2.05, 4.69) is 0 Å². The lowest BCUT2D eigenvalue weighted by molar-refractivity contribution is 0.0696. The molecule has 0 bridgehead atoms. The summed E-state index contributed by atoms with van der Waals surface area (Å²) >= 11 is 0. The zero-order valence-corrected chi connectivity index (χ0v) is 11.8. The molecule has 0 unspecified atom stereocenters. The van der Waals surface area contributed by atoms with E-state index in [-0.39, 0.29) is 28.4 Å². The first-order valence-electron chi connectivity index (χ1n) is 6.77. The molecule has 0 aromatic heterocycles. The number of carboxylic acid groups (broad SMARTS) is 1. The first-order valence-corrected chi connectivity index (χ1v) is 6.77. The Kier molecular flexibility index (Phi) is 3.50. The smallest absolute Gasteiger partial charge is 0.335 e. The minimum atomic E-state index is -1.03. The number of Topliss-reactive ketones (excluding diaryl/α,β-unsaturated/α-hetero) is 1. The zero-order chi connectivity index (χ0) is 16.6. The Hall–Kier alpha value is -3.28. The molecule has 0 saturated heterocycles. The Morgan fingerprint density at radius 1 is 1.17 bits per heavy atom. The molecule has 1 heterocycles. The van der Waals surface area contributed by atoms with Crippen molar-refractivity contribution in [3.8, 4) is 17.2 Å². The Labute approximate surface area is 130 Å². The van der Waals surface area contributed by atoms with Gasteiger partial charge in [0.2, 0.25) is 11.5 Å². The van der Waals surface area contributed by atoms with Gasteiger partial charge in [0, 0.05) is 0 Å². The number of carbonyl (C=O) groups is 2. The van der Waals surface area contributed by atoms with Gasteiger partial charge in [0.15, 0.2) is 17.3 Å². The Morgan fingerprint density at radius 2 is 1.96 bits per heavy atom. The molecule has 0 spiro atoms. The summed E-state index contributed by atoms with van der Waals surface area (Å²) in [5.41, 5.74) is 1.04. The average molecular weight is 312 g/mol. The Morgan fingerprint density at radius 3 is 2.70 bits per heavy atom. The molecule has 3 rings (SSSR count). The summed E-state index contributed by atoms with van der Waals surface area (Å²) < 4.78 is 5.32. The third-order valence-corrected chi connectivity index (χ3v) is 3.49. The van der Waals surface area contributed by atoms with E-state index in [1.54, 1.807) is 12.1 Å². The molecule has 116 valence electrons. The van der Waals surface area contributed by atoms with Crippen LogP contribution in [0.1, 0.15) is 26.3 Å². The highest BCUT2D eigenvalue weighted by Gasteiger charge is 2.30. The van der Waals surface area contributed by atoms with Gasteiger partial charge in [-0.1, -0.05) is 12.1 Å². The molecule has 0 radical (unpaired) electrons. The molecule has 1 aliphatic rings. The van der Waals surface area contributed by atoms with E-state index in [1.807, 2.05) is 0 Å². The summed E-state index contributed by atoms with van der Waals surface area (Å²) in [5.74, 6) is -2.31. The van der Waals surface area contributed by atoms with Gasteiger partial charge in [-0.25, -0.2) is 4.79 Å². The SMILES string of the molecule is O=C(O)c1cccc(CC=C2Oc3c(ccc(O)c3O)C2=O)c1. The Bertz CT molecular complexity index is 850. The second-order valence-corrected chi connectivity index (χ2v) is 5.02. The van der Waals surface area contributed by atoms with Crippen LogP contribution in [0.3, 0.4) is 0 Å². The Balaban J connectivity index is 1.85. The van der Waals surface area contributed by atoms with Crippen molar-refractivity contribution in [2.24, 2.45) is 0 Å². The highest BCUT2D eigenvalue weighted by molar-refractivity contribution is 6.13. The lowest BCUT2D eigenvalue weighted by Crippen LogP contribution is -2.00. The lowest BCUT2D eigenvalue weighted by atomic mass is 10.1. The van der Waals surface area contributed by atoms with E-state index in [0.29, 0.717) is 12.0 Å². The molecule has 0 fully saturated rings. The number of aromatic carboxylic acids is 1. The van der Waals surface area contributed by atoms with E-state index in [4.69, 9.17) is 9.84 Å². The van der Waals surface area contributed by atoms with E-state index in [9.17, 15) is 19.8 Å². The van der Waals surface area contributed by atoms with Gasteiger partial charge < -0.3 is 20.1 Å². The number of ether oxygens (including phenoxy) is 1. The van der Waals surface area contributed by atoms with Crippen LogP contribution < -0.4 is 4.74 Å². The molecule has 0 saturated carbocycles. The summed E-state index contributed by atoms with van der Waals surface area (Å²) in [7, 11) is 0. The van der Waals surface area contributed by atoms with Gasteiger partial charge >= 0.3 is 5.97 Å². The van der Waals surface area contributed by atoms with Crippen molar-refractivity contribution >= 4 is 11.8 Å². The number of phenolic OH excluding ortho intramolecular Hbond substituents is 2. The number of hydrogen-bond donors (Lipinski definition) is 3. The van der Waals surface area contributed by atoms with E-state index < -0.39 is 17.5 Å². The van der Waals surface area contributed by atoms with Crippen molar-refractivity contribution in [2.45, 2.75) is 6.42 Å². The number of phenols is 2. The number of ketones is 1. The molecular formula is C17H12O6. The fourth-order valence-electron chi connectivity index (χ4n) is 2.31. The predicted octanol–water partition coefficient (Wildman–Crippen LogP) is 2.50. The van der Waals surface area contributed by atoms with Crippen LogP contribution in [0.2, 0.25) is 0 Å². The lowest BCUT2D eigenvalue weighted by Gasteiger charge is -2.03. The molecule has 0 aliphatic carbocycles. The maximum Gasteiger partial charge on any atom is 0.335 e. The zero-order valence-electron chi connectivity index (χ0n) is 11.8. The monoisotopic (exact) mass is 312 g/mol. The summed E-state index contributed by atoms with van der Waals surface area (Å²) in [6, 6.07) is 8.93. The molecule has 23 heavy (non-hydrogen) atoms. The molecule has 6 nitrogen and oxygen atoms in total. The predicted molar refractivity (Wildman–Crippen MR) is 79.9 cm³/mol. The summed E-state index contributed by atoms with van der Waals surface area (Å²) in [5, 5.41) is 28.1. The number of hydrogen-bond acceptors (Lipinski definition) is 5. The molecule has 0 amide bonds. The second-order valence-electron chi connectivity index (χ2n) is 5.02. The minimum absolute atomic E-state index is 0.0293. The highest BCUT2D eigenvalue weighted by atomic mass is 16.5. The summed E-state index contributed by atoms with van der Waals surface area (Å²) in [6.45, 7) is 0. The van der Waals surface area contributed by atoms with Crippen molar-refractivity contribution in [3.63, 3.8) is 0 Å². The van der Waals surface area contributed by atoms with Crippen LogP contribution >= 0.6 is 0 Å². The van der Waals surface area contributed by atoms with Gasteiger partial charge in [-0.05, 0) is 42.3 Å². The minimum Gasteiger partial charge on any atom is -0.504 e. The van der Waals surface area contributed by atoms with Crippen molar-refractivity contribution < 1.29 is 29.6 Å². The molecule has 0 atom stereocenters. The maximum absolute atomic E-state index is 12.2. The highest BCUT2D eigenvalue weighted by Crippen LogP contribution is 2.43. The third kappa shape index (κ3) is 2.62. The fraction of sp³-hybridized carbons (Fsp3) is 0.0588. The van der Waals surface area contributed by atoms with E-state index >= 15 is 0 Å². The van der Waals surface area contributed by atoms with Gasteiger partial charge in [0.1, 0.15) is 0 Å². The normalized spacial score (nSPS) is 14.6. The molecule has 2 aromatic carbocycles. The van der Waals surface area contributed by atoms with Crippen LogP contribution in [0, 0.1) is 0 Å². The topological polar surface area (TPSA) is 104 Å². The first kappa shape index (κ1) is 14.6. The third-order valence-electron chi connectivity index (χ3n) is 3.49. The van der Waals surface area contributed by atoms with Gasteiger partial charge in [-0.15, -0.1) is 0 Å². The number of allylic oxidation sites excluding steroid dienone is 2. The first-order chi connectivity index (χ1) is 11.0. The molecule has 6 heteroatoms. The van der Waals surface area contributed by atoms with Gasteiger partial charge in [-0.2, -0.15) is 0 Å². The summed E-state index contributed by atoms with van der Waals surface area (Å²) in [4.78, 5) is 23.1. The van der Waals surface area contributed by atoms with Gasteiger partial charge in [0.25, 0.3) is 0 Å². The van der Waals surface area contributed by atoms with Crippen molar-refractivity contribution in [2.75, 3.05) is 0 Å². The quantitative estimate of drug-likeness (QED) is 0.594. The van der Waals surface area contributed by atoms with Crippen LogP contribution in [0.25, 0.3) is 0 Å². The molecule has 1 aliphatic heterocycles. The second kappa shape index (κ2) is 5.49.